The number of aliphatic hydroxyl groups excluding tert-OH is 1. The summed E-state index contributed by atoms with van der Waals surface area (Å²) in [7, 11) is 2.30. The van der Waals surface area contributed by atoms with Crippen LogP contribution >= 0.6 is 23.2 Å². The summed E-state index contributed by atoms with van der Waals surface area (Å²) in [5.74, 6) is -0.793. The minimum absolute atomic E-state index is 0.0325. The van der Waals surface area contributed by atoms with Gasteiger partial charge in [0.15, 0.2) is 17.9 Å². The number of nitrogens with zero attached hydrogens (tertiary/aromatic N) is 1. The second kappa shape index (κ2) is 7.93. The molecule has 2 aromatic rings. The number of carbonyl (C=O) groups excluding carboxylic acids is 1. The summed E-state index contributed by atoms with van der Waals surface area (Å²) < 4.78 is 19.2. The fourth-order valence-electron chi connectivity index (χ4n) is 1.70. The third kappa shape index (κ3) is 3.47. The standard InChI is InChI=1S/C13H9Cl2FN2O2.CH4O/c1-20-13-7(14)3-2-6(12(13)16)9-4-8(17)11(15)10(5-19)18-9;1-2/h2-5H,1H3,(H2,17,18);2H,1H3. The van der Waals surface area contributed by atoms with E-state index < -0.39 is 5.82 Å². The second-order valence-electron chi connectivity index (χ2n) is 3.86. The molecule has 0 unspecified atom stereocenters. The maximum absolute atomic E-state index is 14.3. The average molecular weight is 347 g/mol. The third-order valence-electron chi connectivity index (χ3n) is 2.65. The average Bonchev–Trinajstić information content (AvgIpc) is 2.52. The fraction of sp³-hybridized carbons (Fsp3) is 0.143. The van der Waals surface area contributed by atoms with Crippen LogP contribution in [0.5, 0.6) is 5.75 Å². The van der Waals surface area contributed by atoms with E-state index >= 15 is 0 Å². The molecule has 118 valence electrons. The lowest BCUT2D eigenvalue weighted by Crippen LogP contribution is -2.00. The quantitative estimate of drug-likeness (QED) is 0.833. The summed E-state index contributed by atoms with van der Waals surface area (Å²) in [5, 5.41) is 7.16. The number of anilines is 1. The summed E-state index contributed by atoms with van der Waals surface area (Å²) >= 11 is 11.6. The molecule has 1 heterocycles. The molecule has 0 aliphatic rings. The Hall–Kier alpha value is -1.89. The number of aldehydes is 1. The number of rotatable bonds is 3. The first-order valence-corrected chi connectivity index (χ1v) is 6.63. The number of aromatic nitrogens is 1. The van der Waals surface area contributed by atoms with Gasteiger partial charge in [0.05, 0.1) is 28.5 Å². The van der Waals surface area contributed by atoms with Gasteiger partial charge in [0.2, 0.25) is 0 Å². The molecule has 22 heavy (non-hydrogen) atoms. The first-order valence-electron chi connectivity index (χ1n) is 5.87. The van der Waals surface area contributed by atoms with Gasteiger partial charge in [0.25, 0.3) is 0 Å². The van der Waals surface area contributed by atoms with Gasteiger partial charge in [-0.05, 0) is 18.2 Å². The van der Waals surface area contributed by atoms with Crippen LogP contribution in [0.1, 0.15) is 10.5 Å². The van der Waals surface area contributed by atoms with Crippen LogP contribution in [0.25, 0.3) is 11.3 Å². The highest BCUT2D eigenvalue weighted by molar-refractivity contribution is 6.35. The highest BCUT2D eigenvalue weighted by Gasteiger charge is 2.17. The molecule has 0 radical (unpaired) electrons. The summed E-state index contributed by atoms with van der Waals surface area (Å²) in [6.07, 6.45) is 0.452. The third-order valence-corrected chi connectivity index (χ3v) is 3.36. The normalized spacial score (nSPS) is 9.73. The molecule has 0 spiro atoms. The van der Waals surface area contributed by atoms with E-state index in [2.05, 4.69) is 4.98 Å². The lowest BCUT2D eigenvalue weighted by Gasteiger charge is -2.10. The Morgan fingerprint density at radius 2 is 2.00 bits per heavy atom. The van der Waals surface area contributed by atoms with Gasteiger partial charge in [-0.1, -0.05) is 23.2 Å². The van der Waals surface area contributed by atoms with E-state index in [9.17, 15) is 9.18 Å². The van der Waals surface area contributed by atoms with Crippen molar-refractivity contribution in [2.45, 2.75) is 0 Å². The van der Waals surface area contributed by atoms with Gasteiger partial charge in [-0.15, -0.1) is 0 Å². The molecule has 1 aromatic heterocycles. The number of ether oxygens (including phenoxy) is 1. The Balaban J connectivity index is 0.00000116. The maximum Gasteiger partial charge on any atom is 0.175 e. The smallest absolute Gasteiger partial charge is 0.175 e. The van der Waals surface area contributed by atoms with Crippen molar-refractivity contribution < 1.29 is 19.0 Å². The van der Waals surface area contributed by atoms with E-state index in [0.717, 1.165) is 7.11 Å². The number of nitrogen functional groups attached to an aromatic ring is 1. The Labute approximate surface area is 136 Å². The number of hydrogen-bond donors (Lipinski definition) is 2. The van der Waals surface area contributed by atoms with Gasteiger partial charge in [0.1, 0.15) is 5.69 Å². The van der Waals surface area contributed by atoms with E-state index in [0.29, 0.717) is 6.29 Å². The number of halogens is 3. The van der Waals surface area contributed by atoms with Crippen LogP contribution in [0, 0.1) is 5.82 Å². The van der Waals surface area contributed by atoms with Gasteiger partial charge >= 0.3 is 0 Å². The van der Waals surface area contributed by atoms with Crippen molar-refractivity contribution in [3.63, 3.8) is 0 Å². The van der Waals surface area contributed by atoms with E-state index in [-0.39, 0.29) is 38.4 Å². The zero-order chi connectivity index (χ0) is 16.9. The van der Waals surface area contributed by atoms with Crippen molar-refractivity contribution in [3.05, 3.63) is 39.8 Å². The molecule has 0 aliphatic heterocycles. The van der Waals surface area contributed by atoms with E-state index in [1.54, 1.807) is 0 Å². The SMILES string of the molecule is CO.COc1c(Cl)ccc(-c2cc(N)c(Cl)c(C=O)n2)c1F. The molecule has 0 saturated carbocycles. The van der Waals surface area contributed by atoms with Crippen LogP contribution in [0.4, 0.5) is 10.1 Å². The highest BCUT2D eigenvalue weighted by atomic mass is 35.5. The monoisotopic (exact) mass is 346 g/mol. The van der Waals surface area contributed by atoms with Gasteiger partial charge in [-0.3, -0.25) is 4.79 Å². The number of hydrogen-bond acceptors (Lipinski definition) is 5. The molecule has 0 fully saturated rings. The Bertz CT molecular complexity index is 696. The molecule has 1 aromatic carbocycles. The molecule has 3 N–H and O–H groups in total. The number of nitrogens with two attached hydrogens (primary N) is 1. The summed E-state index contributed by atoms with van der Waals surface area (Å²) in [6, 6.07) is 4.26. The largest absolute Gasteiger partial charge is 0.492 e. The first-order chi connectivity index (χ1) is 10.5. The topological polar surface area (TPSA) is 85.4 Å². The zero-order valence-corrected chi connectivity index (χ0v) is 13.2. The minimum atomic E-state index is -0.689. The van der Waals surface area contributed by atoms with E-state index in [1.165, 1.54) is 25.3 Å². The van der Waals surface area contributed by atoms with Gasteiger partial charge in [-0.25, -0.2) is 9.37 Å². The Morgan fingerprint density at radius 1 is 1.36 bits per heavy atom. The molecule has 2 rings (SSSR count). The van der Waals surface area contributed by atoms with Crippen molar-refractivity contribution in [1.82, 2.24) is 4.98 Å². The number of benzene rings is 1. The zero-order valence-electron chi connectivity index (χ0n) is 11.7. The maximum atomic E-state index is 14.3. The summed E-state index contributed by atoms with van der Waals surface area (Å²) in [6.45, 7) is 0. The summed E-state index contributed by atoms with van der Waals surface area (Å²) in [5.41, 5.74) is 6.02. The molecule has 0 amide bonds. The molecule has 0 atom stereocenters. The lowest BCUT2D eigenvalue weighted by atomic mass is 10.1. The molecule has 5 nitrogen and oxygen atoms in total. The molecule has 8 heteroatoms. The predicted molar refractivity (Wildman–Crippen MR) is 84.1 cm³/mol. The predicted octanol–water partition coefficient (Wildman–Crippen LogP) is 3.21. The molecule has 0 aliphatic carbocycles. The Kier molecular flexibility index (Phi) is 6.55. The number of carbonyl (C=O) groups is 1. The van der Waals surface area contributed by atoms with Crippen LogP contribution in [0.3, 0.4) is 0 Å². The molecule has 0 bridgehead atoms. The van der Waals surface area contributed by atoms with Gasteiger partial charge in [-0.2, -0.15) is 0 Å². The van der Waals surface area contributed by atoms with Crippen LogP contribution in [0.2, 0.25) is 10.0 Å². The second-order valence-corrected chi connectivity index (χ2v) is 4.64. The van der Waals surface area contributed by atoms with Crippen LogP contribution in [-0.4, -0.2) is 30.6 Å². The van der Waals surface area contributed by atoms with Crippen LogP contribution < -0.4 is 10.5 Å². The molecular formula is C14H13Cl2FN2O3. The highest BCUT2D eigenvalue weighted by Crippen LogP contribution is 2.35. The number of aliphatic hydroxyl groups is 1. The van der Waals surface area contributed by atoms with E-state index in [1.807, 2.05) is 0 Å². The van der Waals surface area contributed by atoms with Crippen molar-refractivity contribution in [2.75, 3.05) is 20.0 Å². The summed E-state index contributed by atoms with van der Waals surface area (Å²) in [4.78, 5) is 14.9. The molecular weight excluding hydrogens is 334 g/mol. The van der Waals surface area contributed by atoms with Crippen molar-refractivity contribution in [2.24, 2.45) is 0 Å². The lowest BCUT2D eigenvalue weighted by molar-refractivity contribution is 0.111. The van der Waals surface area contributed by atoms with Crippen molar-refractivity contribution in [1.29, 1.82) is 0 Å². The van der Waals surface area contributed by atoms with Crippen molar-refractivity contribution >= 4 is 35.2 Å². The first kappa shape index (κ1) is 18.2. The van der Waals surface area contributed by atoms with Crippen molar-refractivity contribution in [3.8, 4) is 17.0 Å². The number of pyridine rings is 1. The number of methoxy groups -OCH3 is 1. The van der Waals surface area contributed by atoms with Gasteiger partial charge < -0.3 is 15.6 Å². The van der Waals surface area contributed by atoms with Crippen LogP contribution in [-0.2, 0) is 0 Å². The minimum Gasteiger partial charge on any atom is -0.492 e. The molecule has 0 saturated heterocycles. The van der Waals surface area contributed by atoms with Crippen LogP contribution in [0.15, 0.2) is 18.2 Å². The van der Waals surface area contributed by atoms with E-state index in [4.69, 9.17) is 38.8 Å². The Morgan fingerprint density at radius 3 is 2.55 bits per heavy atom. The van der Waals surface area contributed by atoms with Gasteiger partial charge in [0, 0.05) is 12.7 Å². The fourth-order valence-corrected chi connectivity index (χ4v) is 2.07.